The molecule has 1 aromatic carbocycles. The smallest absolute Gasteiger partial charge is 0.123 e. The second kappa shape index (κ2) is 3.22. The first-order chi connectivity index (χ1) is 7.29. The maximum atomic E-state index is 6.00. The molecule has 0 spiro atoms. The van der Waals surface area contributed by atoms with Crippen molar-refractivity contribution in [1.29, 1.82) is 0 Å². The lowest BCUT2D eigenvalue weighted by Gasteiger charge is -2.05. The summed E-state index contributed by atoms with van der Waals surface area (Å²) < 4.78 is 2.24. The fourth-order valence-electron chi connectivity index (χ4n) is 2.00. The molecule has 1 aliphatic carbocycles. The Morgan fingerprint density at radius 1 is 1.47 bits per heavy atom. The number of imidazole rings is 1. The van der Waals surface area contributed by atoms with Crippen molar-refractivity contribution in [3.05, 3.63) is 29.0 Å². The van der Waals surface area contributed by atoms with Gasteiger partial charge in [-0.05, 0) is 31.0 Å². The molecule has 1 fully saturated rings. The molecule has 4 heteroatoms. The first kappa shape index (κ1) is 9.19. The zero-order valence-electron chi connectivity index (χ0n) is 8.28. The van der Waals surface area contributed by atoms with E-state index in [1.54, 1.807) is 0 Å². The minimum absolute atomic E-state index is 0.489. The molecular formula is C11H12ClN3. The summed E-state index contributed by atoms with van der Waals surface area (Å²) in [6.45, 7) is 0.489. The van der Waals surface area contributed by atoms with Crippen LogP contribution in [-0.2, 0) is 6.54 Å². The molecule has 2 N–H and O–H groups in total. The van der Waals surface area contributed by atoms with Crippen LogP contribution in [-0.4, -0.2) is 9.55 Å². The molecule has 1 aliphatic rings. The van der Waals surface area contributed by atoms with Crippen molar-refractivity contribution in [3.8, 4) is 0 Å². The molecule has 1 aromatic heterocycles. The minimum atomic E-state index is 0.489. The average Bonchev–Trinajstić information content (AvgIpc) is 2.99. The van der Waals surface area contributed by atoms with E-state index in [9.17, 15) is 0 Å². The van der Waals surface area contributed by atoms with Crippen molar-refractivity contribution >= 4 is 22.6 Å². The highest BCUT2D eigenvalue weighted by Gasteiger charge is 2.27. The quantitative estimate of drug-likeness (QED) is 0.847. The number of nitrogens with two attached hydrogens (primary N) is 1. The number of hydrogen-bond acceptors (Lipinski definition) is 2. The van der Waals surface area contributed by atoms with Crippen LogP contribution in [0.25, 0.3) is 11.0 Å². The summed E-state index contributed by atoms with van der Waals surface area (Å²) in [5.74, 6) is 0.967. The summed E-state index contributed by atoms with van der Waals surface area (Å²) in [4.78, 5) is 4.51. The van der Waals surface area contributed by atoms with Crippen molar-refractivity contribution in [2.45, 2.75) is 25.4 Å². The zero-order chi connectivity index (χ0) is 10.4. The minimum Gasteiger partial charge on any atom is -0.324 e. The van der Waals surface area contributed by atoms with E-state index in [4.69, 9.17) is 17.3 Å². The molecule has 3 nitrogen and oxygen atoms in total. The van der Waals surface area contributed by atoms with Gasteiger partial charge in [-0.15, -0.1) is 0 Å². The summed E-state index contributed by atoms with van der Waals surface area (Å²) in [6.07, 6.45) is 2.45. The van der Waals surface area contributed by atoms with Crippen LogP contribution in [0, 0.1) is 0 Å². The van der Waals surface area contributed by atoms with Crippen molar-refractivity contribution < 1.29 is 0 Å². The van der Waals surface area contributed by atoms with Gasteiger partial charge < -0.3 is 10.3 Å². The Labute approximate surface area is 92.8 Å². The van der Waals surface area contributed by atoms with Gasteiger partial charge in [-0.25, -0.2) is 4.98 Å². The molecule has 15 heavy (non-hydrogen) atoms. The summed E-state index contributed by atoms with van der Waals surface area (Å²) in [7, 11) is 0. The molecule has 0 saturated heterocycles. The summed E-state index contributed by atoms with van der Waals surface area (Å²) in [6, 6.07) is 6.39. The van der Waals surface area contributed by atoms with Gasteiger partial charge in [-0.1, -0.05) is 11.6 Å². The van der Waals surface area contributed by atoms with E-state index in [0.717, 1.165) is 21.9 Å². The van der Waals surface area contributed by atoms with Gasteiger partial charge in [0.2, 0.25) is 0 Å². The van der Waals surface area contributed by atoms with Gasteiger partial charge in [-0.3, -0.25) is 0 Å². The topological polar surface area (TPSA) is 43.8 Å². The highest BCUT2D eigenvalue weighted by atomic mass is 35.5. The van der Waals surface area contributed by atoms with E-state index in [2.05, 4.69) is 9.55 Å². The average molecular weight is 222 g/mol. The maximum Gasteiger partial charge on any atom is 0.123 e. The van der Waals surface area contributed by atoms with Gasteiger partial charge in [-0.2, -0.15) is 0 Å². The van der Waals surface area contributed by atoms with Crippen LogP contribution in [0.3, 0.4) is 0 Å². The van der Waals surface area contributed by atoms with Crippen molar-refractivity contribution in [3.63, 3.8) is 0 Å². The molecule has 1 heterocycles. The fourth-order valence-corrected chi connectivity index (χ4v) is 2.17. The van der Waals surface area contributed by atoms with Crippen LogP contribution in [0.1, 0.15) is 24.7 Å². The number of nitrogens with zero attached hydrogens (tertiary/aromatic N) is 2. The molecule has 0 atom stereocenters. The van der Waals surface area contributed by atoms with Crippen LogP contribution >= 0.6 is 11.6 Å². The summed E-state index contributed by atoms with van der Waals surface area (Å²) >= 11 is 6.00. The van der Waals surface area contributed by atoms with E-state index < -0.39 is 0 Å². The zero-order valence-corrected chi connectivity index (χ0v) is 9.04. The Kier molecular flexibility index (Phi) is 1.97. The lowest BCUT2D eigenvalue weighted by atomic mass is 10.3. The van der Waals surface area contributed by atoms with Crippen LogP contribution in [0.15, 0.2) is 18.2 Å². The normalized spacial score (nSPS) is 16.1. The predicted octanol–water partition coefficient (Wildman–Crippen LogP) is 2.48. The van der Waals surface area contributed by atoms with E-state index in [1.807, 2.05) is 18.2 Å². The van der Waals surface area contributed by atoms with Gasteiger partial charge in [0.1, 0.15) is 5.82 Å². The van der Waals surface area contributed by atoms with E-state index >= 15 is 0 Å². The molecule has 2 aromatic rings. The molecule has 0 radical (unpaired) electrons. The monoisotopic (exact) mass is 221 g/mol. The van der Waals surface area contributed by atoms with Crippen molar-refractivity contribution in [2.24, 2.45) is 5.73 Å². The number of aromatic nitrogens is 2. The van der Waals surface area contributed by atoms with Crippen LogP contribution in [0.4, 0.5) is 0 Å². The lowest BCUT2D eigenvalue weighted by molar-refractivity contribution is 0.701. The van der Waals surface area contributed by atoms with Crippen molar-refractivity contribution in [2.75, 3.05) is 0 Å². The van der Waals surface area contributed by atoms with Gasteiger partial charge in [0, 0.05) is 11.1 Å². The molecule has 0 unspecified atom stereocenters. The number of halogens is 1. The lowest BCUT2D eigenvalue weighted by Crippen LogP contribution is -2.06. The van der Waals surface area contributed by atoms with Gasteiger partial charge in [0.05, 0.1) is 17.6 Å². The van der Waals surface area contributed by atoms with Crippen molar-refractivity contribution in [1.82, 2.24) is 9.55 Å². The van der Waals surface area contributed by atoms with E-state index in [1.165, 1.54) is 12.8 Å². The number of rotatable bonds is 2. The molecule has 0 bridgehead atoms. The SMILES string of the molecule is NCc1nc2ccc(Cl)cc2n1C1CC1. The highest BCUT2D eigenvalue weighted by Crippen LogP contribution is 2.39. The molecule has 0 aliphatic heterocycles. The Hall–Kier alpha value is -1.06. The Balaban J connectivity index is 2.30. The molecule has 0 amide bonds. The van der Waals surface area contributed by atoms with E-state index in [-0.39, 0.29) is 0 Å². The van der Waals surface area contributed by atoms with Gasteiger partial charge in [0.15, 0.2) is 0 Å². The van der Waals surface area contributed by atoms with Gasteiger partial charge in [0.25, 0.3) is 0 Å². The first-order valence-corrected chi connectivity index (χ1v) is 5.54. The van der Waals surface area contributed by atoms with E-state index in [0.29, 0.717) is 12.6 Å². The molecule has 3 rings (SSSR count). The largest absolute Gasteiger partial charge is 0.324 e. The molecule has 1 saturated carbocycles. The predicted molar refractivity (Wildman–Crippen MR) is 60.9 cm³/mol. The number of benzene rings is 1. The third-order valence-electron chi connectivity index (χ3n) is 2.82. The van der Waals surface area contributed by atoms with Crippen LogP contribution in [0.5, 0.6) is 0 Å². The molecule has 78 valence electrons. The maximum absolute atomic E-state index is 6.00. The number of fused-ring (bicyclic) bond motifs is 1. The second-order valence-corrected chi connectivity index (χ2v) is 4.40. The first-order valence-electron chi connectivity index (χ1n) is 5.16. The standard InChI is InChI=1S/C11H12ClN3/c12-7-1-4-9-10(5-7)15(8-2-3-8)11(6-13)14-9/h1,4-5,8H,2-3,6,13H2. The fraction of sp³-hybridized carbons (Fsp3) is 0.364. The summed E-state index contributed by atoms with van der Waals surface area (Å²) in [5, 5.41) is 0.757. The van der Waals surface area contributed by atoms with Gasteiger partial charge >= 0.3 is 0 Å². The third kappa shape index (κ3) is 1.43. The highest BCUT2D eigenvalue weighted by molar-refractivity contribution is 6.31. The Morgan fingerprint density at radius 3 is 2.93 bits per heavy atom. The van der Waals surface area contributed by atoms with Crippen LogP contribution in [0.2, 0.25) is 5.02 Å². The second-order valence-electron chi connectivity index (χ2n) is 3.97. The number of hydrogen-bond donors (Lipinski definition) is 1. The summed E-state index contributed by atoms with van der Waals surface area (Å²) in [5.41, 5.74) is 7.81. The Bertz CT molecular complexity index is 514. The third-order valence-corrected chi connectivity index (χ3v) is 3.05. The molecular weight excluding hydrogens is 210 g/mol. The Morgan fingerprint density at radius 2 is 2.27 bits per heavy atom. The van der Waals surface area contributed by atoms with Crippen LogP contribution < -0.4 is 5.73 Å².